The largest absolute Gasteiger partial charge is 0.330 e. The van der Waals surface area contributed by atoms with Gasteiger partial charge in [-0.05, 0) is 49.6 Å². The average molecular weight is 196 g/mol. The van der Waals surface area contributed by atoms with Gasteiger partial charge in [-0.25, -0.2) is 0 Å². The SMILES string of the molecule is CC1(C)CC1NCCC1(CN)CCC1. The lowest BCUT2D eigenvalue weighted by Crippen LogP contribution is -2.40. The molecule has 2 aliphatic rings. The van der Waals surface area contributed by atoms with Gasteiger partial charge in [0.25, 0.3) is 0 Å². The summed E-state index contributed by atoms with van der Waals surface area (Å²) in [5, 5.41) is 3.65. The Balaban J connectivity index is 1.63. The van der Waals surface area contributed by atoms with Gasteiger partial charge in [0.2, 0.25) is 0 Å². The van der Waals surface area contributed by atoms with E-state index in [0.29, 0.717) is 10.8 Å². The summed E-state index contributed by atoms with van der Waals surface area (Å²) < 4.78 is 0. The van der Waals surface area contributed by atoms with Crippen molar-refractivity contribution in [3.63, 3.8) is 0 Å². The van der Waals surface area contributed by atoms with E-state index in [1.165, 1.54) is 38.6 Å². The monoisotopic (exact) mass is 196 g/mol. The van der Waals surface area contributed by atoms with Gasteiger partial charge < -0.3 is 11.1 Å². The summed E-state index contributed by atoms with van der Waals surface area (Å²) in [5.74, 6) is 0. The third-order valence-electron chi connectivity index (χ3n) is 4.41. The lowest BCUT2D eigenvalue weighted by atomic mass is 9.67. The van der Waals surface area contributed by atoms with E-state index in [1.807, 2.05) is 0 Å². The molecule has 2 fully saturated rings. The fourth-order valence-electron chi connectivity index (χ4n) is 2.56. The zero-order valence-electron chi connectivity index (χ0n) is 9.60. The van der Waals surface area contributed by atoms with Gasteiger partial charge in [0.05, 0.1) is 0 Å². The molecule has 82 valence electrons. The van der Waals surface area contributed by atoms with Crippen LogP contribution in [0.3, 0.4) is 0 Å². The van der Waals surface area contributed by atoms with Gasteiger partial charge in [0, 0.05) is 6.04 Å². The van der Waals surface area contributed by atoms with E-state index >= 15 is 0 Å². The van der Waals surface area contributed by atoms with Gasteiger partial charge in [0.15, 0.2) is 0 Å². The first kappa shape index (κ1) is 10.4. The first-order chi connectivity index (χ1) is 6.58. The predicted molar refractivity (Wildman–Crippen MR) is 60.1 cm³/mol. The molecule has 2 aliphatic carbocycles. The lowest BCUT2D eigenvalue weighted by molar-refractivity contribution is 0.130. The molecular formula is C12H24N2. The first-order valence-electron chi connectivity index (χ1n) is 6.02. The van der Waals surface area contributed by atoms with E-state index in [2.05, 4.69) is 19.2 Å². The Morgan fingerprint density at radius 2 is 2.00 bits per heavy atom. The summed E-state index contributed by atoms with van der Waals surface area (Å²) in [5.41, 5.74) is 6.91. The van der Waals surface area contributed by atoms with Crippen LogP contribution in [0.2, 0.25) is 0 Å². The van der Waals surface area contributed by atoms with Crippen LogP contribution in [0.5, 0.6) is 0 Å². The van der Waals surface area contributed by atoms with Crippen molar-refractivity contribution >= 4 is 0 Å². The maximum Gasteiger partial charge on any atom is 0.0124 e. The van der Waals surface area contributed by atoms with Crippen LogP contribution in [0, 0.1) is 10.8 Å². The van der Waals surface area contributed by atoms with E-state index in [-0.39, 0.29) is 0 Å². The van der Waals surface area contributed by atoms with E-state index in [1.54, 1.807) is 0 Å². The minimum absolute atomic E-state index is 0.520. The summed E-state index contributed by atoms with van der Waals surface area (Å²) in [7, 11) is 0. The van der Waals surface area contributed by atoms with Crippen molar-refractivity contribution < 1.29 is 0 Å². The molecule has 0 heterocycles. The molecule has 0 aromatic rings. The van der Waals surface area contributed by atoms with Crippen molar-refractivity contribution in [1.29, 1.82) is 0 Å². The number of rotatable bonds is 5. The molecule has 3 N–H and O–H groups in total. The Morgan fingerprint density at radius 3 is 2.36 bits per heavy atom. The number of hydrogen-bond donors (Lipinski definition) is 2. The number of nitrogens with one attached hydrogen (secondary N) is 1. The molecule has 1 atom stereocenters. The third-order valence-corrected chi connectivity index (χ3v) is 4.41. The molecular weight excluding hydrogens is 172 g/mol. The fraction of sp³-hybridized carbons (Fsp3) is 1.00. The van der Waals surface area contributed by atoms with Crippen molar-refractivity contribution in [3.05, 3.63) is 0 Å². The molecule has 14 heavy (non-hydrogen) atoms. The number of hydrogen-bond acceptors (Lipinski definition) is 2. The van der Waals surface area contributed by atoms with Crippen LogP contribution < -0.4 is 11.1 Å². The van der Waals surface area contributed by atoms with Gasteiger partial charge in [-0.3, -0.25) is 0 Å². The quantitative estimate of drug-likeness (QED) is 0.705. The Morgan fingerprint density at radius 1 is 1.36 bits per heavy atom. The first-order valence-corrected chi connectivity index (χ1v) is 6.02. The molecule has 0 spiro atoms. The van der Waals surface area contributed by atoms with Crippen LogP contribution in [-0.4, -0.2) is 19.1 Å². The van der Waals surface area contributed by atoms with E-state index < -0.39 is 0 Å². The van der Waals surface area contributed by atoms with Crippen LogP contribution in [0.4, 0.5) is 0 Å². The molecule has 2 saturated carbocycles. The zero-order valence-corrected chi connectivity index (χ0v) is 9.60. The Labute approximate surface area is 87.6 Å². The number of nitrogens with two attached hydrogens (primary N) is 1. The highest BCUT2D eigenvalue weighted by atomic mass is 15.0. The topological polar surface area (TPSA) is 38.0 Å². The Kier molecular flexibility index (Phi) is 2.61. The van der Waals surface area contributed by atoms with Gasteiger partial charge in [-0.2, -0.15) is 0 Å². The highest BCUT2D eigenvalue weighted by Crippen LogP contribution is 2.46. The van der Waals surface area contributed by atoms with Crippen molar-refractivity contribution in [2.24, 2.45) is 16.6 Å². The van der Waals surface area contributed by atoms with Crippen molar-refractivity contribution in [3.8, 4) is 0 Å². The third kappa shape index (κ3) is 1.96. The molecule has 2 nitrogen and oxygen atoms in total. The van der Waals surface area contributed by atoms with E-state index in [9.17, 15) is 0 Å². The molecule has 0 saturated heterocycles. The molecule has 0 aromatic heterocycles. The predicted octanol–water partition coefficient (Wildman–Crippen LogP) is 1.89. The fourth-order valence-corrected chi connectivity index (χ4v) is 2.56. The zero-order chi connectivity index (χ0) is 10.2. The molecule has 0 amide bonds. The minimum atomic E-state index is 0.520. The summed E-state index contributed by atoms with van der Waals surface area (Å²) in [4.78, 5) is 0. The van der Waals surface area contributed by atoms with Crippen molar-refractivity contribution in [2.45, 2.75) is 52.0 Å². The Bertz CT molecular complexity index is 201. The molecule has 0 aromatic carbocycles. The molecule has 2 heteroatoms. The Hall–Kier alpha value is -0.0800. The van der Waals surface area contributed by atoms with Gasteiger partial charge in [-0.1, -0.05) is 20.3 Å². The summed E-state index contributed by atoms with van der Waals surface area (Å²) in [6.45, 7) is 6.74. The van der Waals surface area contributed by atoms with Crippen molar-refractivity contribution in [2.75, 3.05) is 13.1 Å². The second-order valence-corrected chi connectivity index (χ2v) is 6.01. The molecule has 0 radical (unpaired) electrons. The maximum atomic E-state index is 5.83. The van der Waals surface area contributed by atoms with Crippen LogP contribution in [0.25, 0.3) is 0 Å². The minimum Gasteiger partial charge on any atom is -0.330 e. The van der Waals surface area contributed by atoms with Crippen LogP contribution in [-0.2, 0) is 0 Å². The summed E-state index contributed by atoms with van der Waals surface area (Å²) in [6.07, 6.45) is 6.75. The molecule has 0 bridgehead atoms. The summed E-state index contributed by atoms with van der Waals surface area (Å²) >= 11 is 0. The van der Waals surface area contributed by atoms with Crippen LogP contribution in [0.1, 0.15) is 46.0 Å². The van der Waals surface area contributed by atoms with Gasteiger partial charge >= 0.3 is 0 Å². The maximum absolute atomic E-state index is 5.83. The van der Waals surface area contributed by atoms with Crippen LogP contribution >= 0.6 is 0 Å². The van der Waals surface area contributed by atoms with Gasteiger partial charge in [-0.15, -0.1) is 0 Å². The van der Waals surface area contributed by atoms with Gasteiger partial charge in [0.1, 0.15) is 0 Å². The second kappa shape index (κ2) is 3.49. The van der Waals surface area contributed by atoms with Crippen molar-refractivity contribution in [1.82, 2.24) is 5.32 Å². The van der Waals surface area contributed by atoms with E-state index in [4.69, 9.17) is 5.73 Å². The smallest absolute Gasteiger partial charge is 0.0124 e. The lowest BCUT2D eigenvalue weighted by Gasteiger charge is -2.41. The second-order valence-electron chi connectivity index (χ2n) is 6.01. The summed E-state index contributed by atoms with van der Waals surface area (Å²) in [6, 6.07) is 0.775. The standard InChI is InChI=1S/C12H24N2/c1-11(2)8-10(11)14-7-6-12(9-13)4-3-5-12/h10,14H,3-9,13H2,1-2H3. The molecule has 2 rings (SSSR count). The highest BCUT2D eigenvalue weighted by Gasteiger charge is 2.45. The molecule has 0 aliphatic heterocycles. The normalized spacial score (nSPS) is 32.4. The van der Waals surface area contributed by atoms with Crippen LogP contribution in [0.15, 0.2) is 0 Å². The molecule has 1 unspecified atom stereocenters. The highest BCUT2D eigenvalue weighted by molar-refractivity contribution is 5.01. The average Bonchev–Trinajstić information content (AvgIpc) is 2.65. The van der Waals surface area contributed by atoms with E-state index in [0.717, 1.165) is 12.6 Å².